The Morgan fingerprint density at radius 1 is 1.44 bits per heavy atom. The summed E-state index contributed by atoms with van der Waals surface area (Å²) in [5.41, 5.74) is 0. The fraction of sp³-hybridized carbons (Fsp3) is 0.333. The summed E-state index contributed by atoms with van der Waals surface area (Å²) in [4.78, 5) is 0. The second-order valence-electron chi connectivity index (χ2n) is 1.85. The molecule has 0 fully saturated rings. The molecule has 0 bridgehead atoms. The highest BCUT2D eigenvalue weighted by Gasteiger charge is 2.27. The van der Waals surface area contributed by atoms with E-state index in [9.17, 15) is 0 Å². The van der Waals surface area contributed by atoms with Crippen molar-refractivity contribution >= 4 is 34.8 Å². The summed E-state index contributed by atoms with van der Waals surface area (Å²) in [5.74, 6) is 0. The van der Waals surface area contributed by atoms with E-state index in [-0.39, 0.29) is 0 Å². The van der Waals surface area contributed by atoms with E-state index in [1.54, 1.807) is 6.08 Å². The molecule has 0 spiro atoms. The molecule has 0 aromatic heterocycles. The van der Waals surface area contributed by atoms with Crippen LogP contribution in [0.2, 0.25) is 0 Å². The standard InChI is InChI=1S/C6H5Cl3/c7-5-3-1-2-4-6(5,8)9/h1-3H,4H2. The SMILES string of the molecule is ClC1=CC=CCC1(Cl)Cl. The van der Waals surface area contributed by atoms with Crippen molar-refractivity contribution in [3.8, 4) is 0 Å². The zero-order valence-electron chi connectivity index (χ0n) is 4.57. The molecule has 0 aliphatic heterocycles. The van der Waals surface area contributed by atoms with Gasteiger partial charge in [0.1, 0.15) is 0 Å². The third kappa shape index (κ3) is 1.64. The first-order chi connectivity index (χ1) is 4.13. The maximum atomic E-state index is 5.74. The van der Waals surface area contributed by atoms with Gasteiger partial charge in [0, 0.05) is 6.42 Å². The Morgan fingerprint density at radius 2 is 2.11 bits per heavy atom. The zero-order valence-corrected chi connectivity index (χ0v) is 6.84. The summed E-state index contributed by atoms with van der Waals surface area (Å²) >= 11 is 17.1. The van der Waals surface area contributed by atoms with Crippen LogP contribution in [-0.4, -0.2) is 4.33 Å². The van der Waals surface area contributed by atoms with Crippen LogP contribution in [0.15, 0.2) is 23.3 Å². The second kappa shape index (κ2) is 2.53. The molecule has 0 amide bonds. The van der Waals surface area contributed by atoms with Gasteiger partial charge in [-0.05, 0) is 6.08 Å². The van der Waals surface area contributed by atoms with Crippen molar-refractivity contribution in [3.05, 3.63) is 23.3 Å². The third-order valence-corrected chi connectivity index (χ3v) is 2.46. The minimum atomic E-state index is -0.879. The molecule has 0 aromatic rings. The molecule has 0 heterocycles. The normalized spacial score (nSPS) is 23.7. The van der Waals surface area contributed by atoms with Crippen LogP contribution in [0.4, 0.5) is 0 Å². The fourth-order valence-corrected chi connectivity index (χ4v) is 1.04. The van der Waals surface area contributed by atoms with Gasteiger partial charge >= 0.3 is 0 Å². The van der Waals surface area contributed by atoms with Gasteiger partial charge in [-0.15, -0.1) is 0 Å². The van der Waals surface area contributed by atoms with E-state index >= 15 is 0 Å². The molecule has 9 heavy (non-hydrogen) atoms. The van der Waals surface area contributed by atoms with Crippen LogP contribution in [-0.2, 0) is 0 Å². The molecule has 3 heteroatoms. The van der Waals surface area contributed by atoms with Crippen molar-refractivity contribution < 1.29 is 0 Å². The largest absolute Gasteiger partial charge is 0.156 e. The predicted molar refractivity (Wildman–Crippen MR) is 42.1 cm³/mol. The van der Waals surface area contributed by atoms with Gasteiger partial charge in [-0.1, -0.05) is 47.0 Å². The number of alkyl halides is 2. The fourth-order valence-electron chi connectivity index (χ4n) is 0.588. The zero-order chi connectivity index (χ0) is 6.91. The van der Waals surface area contributed by atoms with E-state index in [0.717, 1.165) is 0 Å². The molecule has 0 nitrogen and oxygen atoms in total. The summed E-state index contributed by atoms with van der Waals surface area (Å²) in [6.45, 7) is 0. The molecule has 1 aliphatic carbocycles. The first kappa shape index (κ1) is 7.46. The summed E-state index contributed by atoms with van der Waals surface area (Å²) < 4.78 is -0.879. The molecule has 0 saturated carbocycles. The summed E-state index contributed by atoms with van der Waals surface area (Å²) in [6, 6.07) is 0. The lowest BCUT2D eigenvalue weighted by atomic mass is 10.2. The van der Waals surface area contributed by atoms with E-state index in [2.05, 4.69) is 0 Å². The van der Waals surface area contributed by atoms with Crippen LogP contribution >= 0.6 is 34.8 Å². The Morgan fingerprint density at radius 3 is 2.44 bits per heavy atom. The van der Waals surface area contributed by atoms with Crippen LogP contribution in [0.1, 0.15) is 6.42 Å². The van der Waals surface area contributed by atoms with Crippen molar-refractivity contribution in [2.24, 2.45) is 0 Å². The molecule has 0 unspecified atom stereocenters. The van der Waals surface area contributed by atoms with Gasteiger partial charge in [0.25, 0.3) is 0 Å². The van der Waals surface area contributed by atoms with Gasteiger partial charge in [0.15, 0.2) is 4.33 Å². The number of hydrogen-bond acceptors (Lipinski definition) is 0. The summed E-state index contributed by atoms with van der Waals surface area (Å²) in [5, 5.41) is 0.494. The summed E-state index contributed by atoms with van der Waals surface area (Å²) in [7, 11) is 0. The van der Waals surface area contributed by atoms with Crippen LogP contribution in [0.25, 0.3) is 0 Å². The van der Waals surface area contributed by atoms with Gasteiger partial charge in [-0.25, -0.2) is 0 Å². The molecule has 0 radical (unpaired) electrons. The Labute approximate surface area is 69.1 Å². The van der Waals surface area contributed by atoms with E-state index in [1.165, 1.54) is 0 Å². The Bertz CT molecular complexity index is 167. The Hall–Kier alpha value is 0.350. The second-order valence-corrected chi connectivity index (χ2v) is 3.74. The van der Waals surface area contributed by atoms with E-state index < -0.39 is 4.33 Å². The predicted octanol–water partition coefficient (Wildman–Crippen LogP) is 3.24. The lowest BCUT2D eigenvalue weighted by molar-refractivity contribution is 0.943. The van der Waals surface area contributed by atoms with Crippen molar-refractivity contribution in [2.75, 3.05) is 0 Å². The average Bonchev–Trinajstić information content (AvgIpc) is 1.77. The van der Waals surface area contributed by atoms with Crippen LogP contribution < -0.4 is 0 Å². The van der Waals surface area contributed by atoms with E-state index in [1.807, 2.05) is 12.2 Å². The molecular weight excluding hydrogens is 178 g/mol. The molecule has 0 N–H and O–H groups in total. The van der Waals surface area contributed by atoms with Gasteiger partial charge in [-0.3, -0.25) is 0 Å². The van der Waals surface area contributed by atoms with Gasteiger partial charge in [-0.2, -0.15) is 0 Å². The lowest BCUT2D eigenvalue weighted by Crippen LogP contribution is -2.13. The Balaban J connectivity index is 2.83. The topological polar surface area (TPSA) is 0 Å². The third-order valence-electron chi connectivity index (χ3n) is 1.10. The molecule has 50 valence electrons. The number of halogens is 3. The van der Waals surface area contributed by atoms with Crippen LogP contribution in [0, 0.1) is 0 Å². The highest BCUT2D eigenvalue weighted by Crippen LogP contribution is 2.38. The Kier molecular flexibility index (Phi) is 2.10. The van der Waals surface area contributed by atoms with Crippen molar-refractivity contribution in [2.45, 2.75) is 10.8 Å². The smallest absolute Gasteiger partial charge is 0.0950 e. The lowest BCUT2D eigenvalue weighted by Gasteiger charge is -2.18. The average molecular weight is 183 g/mol. The molecule has 1 aliphatic rings. The maximum absolute atomic E-state index is 5.74. The van der Waals surface area contributed by atoms with Crippen molar-refractivity contribution in [1.29, 1.82) is 0 Å². The maximum Gasteiger partial charge on any atom is 0.156 e. The molecule has 0 saturated heterocycles. The monoisotopic (exact) mass is 182 g/mol. The van der Waals surface area contributed by atoms with E-state index in [0.29, 0.717) is 11.5 Å². The minimum Gasteiger partial charge on any atom is -0.0950 e. The quantitative estimate of drug-likeness (QED) is 0.506. The van der Waals surface area contributed by atoms with Gasteiger partial charge < -0.3 is 0 Å². The molecular formula is C6H5Cl3. The number of rotatable bonds is 0. The molecule has 0 atom stereocenters. The van der Waals surface area contributed by atoms with E-state index in [4.69, 9.17) is 34.8 Å². The summed E-state index contributed by atoms with van der Waals surface area (Å²) in [6.07, 6.45) is 6.01. The first-order valence-corrected chi connectivity index (χ1v) is 3.67. The van der Waals surface area contributed by atoms with Crippen LogP contribution in [0.3, 0.4) is 0 Å². The van der Waals surface area contributed by atoms with Crippen LogP contribution in [0.5, 0.6) is 0 Å². The number of allylic oxidation sites excluding steroid dienone is 4. The van der Waals surface area contributed by atoms with Gasteiger partial charge in [0.2, 0.25) is 0 Å². The highest BCUT2D eigenvalue weighted by molar-refractivity contribution is 6.56. The molecule has 1 rings (SSSR count). The van der Waals surface area contributed by atoms with Crippen molar-refractivity contribution in [3.63, 3.8) is 0 Å². The highest BCUT2D eigenvalue weighted by atomic mass is 35.5. The van der Waals surface area contributed by atoms with Gasteiger partial charge in [0.05, 0.1) is 5.03 Å². The van der Waals surface area contributed by atoms with Crippen molar-refractivity contribution in [1.82, 2.24) is 0 Å². The molecule has 0 aromatic carbocycles. The number of hydrogen-bond donors (Lipinski definition) is 0. The minimum absolute atomic E-state index is 0.494. The first-order valence-electron chi connectivity index (χ1n) is 2.53.